The molecule has 1 aliphatic carbocycles. The van der Waals surface area contributed by atoms with E-state index in [1.165, 1.54) is 4.80 Å². The summed E-state index contributed by atoms with van der Waals surface area (Å²) in [4.78, 5) is 19.4. The largest absolute Gasteiger partial charge is 0.495 e. The Morgan fingerprint density at radius 2 is 1.97 bits per heavy atom. The van der Waals surface area contributed by atoms with Gasteiger partial charge in [-0.25, -0.2) is 4.98 Å². The summed E-state index contributed by atoms with van der Waals surface area (Å²) in [5.41, 5.74) is 3.38. The van der Waals surface area contributed by atoms with Gasteiger partial charge in [0.05, 0.1) is 32.0 Å². The van der Waals surface area contributed by atoms with Crippen molar-refractivity contribution in [1.29, 1.82) is 0 Å². The average molecular weight is 444 g/mol. The van der Waals surface area contributed by atoms with Gasteiger partial charge in [0.2, 0.25) is 11.7 Å². The van der Waals surface area contributed by atoms with Crippen molar-refractivity contribution in [2.45, 2.75) is 32.7 Å². The molecule has 4 aromatic rings. The molecule has 1 saturated carbocycles. The molecular formula is C23H24N8O2. The number of aromatic nitrogens is 8. The number of rotatable bonds is 8. The molecule has 2 atom stereocenters. The van der Waals surface area contributed by atoms with Crippen molar-refractivity contribution in [3.63, 3.8) is 0 Å². The van der Waals surface area contributed by atoms with Crippen molar-refractivity contribution in [2.24, 2.45) is 5.92 Å². The van der Waals surface area contributed by atoms with Crippen LogP contribution in [0.25, 0.3) is 22.6 Å². The molecule has 5 rings (SSSR count). The fourth-order valence-electron chi connectivity index (χ4n) is 3.63. The normalized spacial score (nSPS) is 17.1. The standard InChI is InChI=1S/C23H24N8O2/c1-4-31-29-22(28-30-31)21-7-5-15(10-25-21)19-12-24-14(2)27-23(19)33-13-16-9-18(16)20-8-6-17(32-3)11-26-20/h5-8,10-12,16,18H,4,9,13H2,1-3H3/t16-,18+/m1/s1. The van der Waals surface area contributed by atoms with E-state index in [-0.39, 0.29) is 0 Å². The van der Waals surface area contributed by atoms with Gasteiger partial charge in [0.25, 0.3) is 0 Å². The molecule has 0 saturated heterocycles. The van der Waals surface area contributed by atoms with E-state index < -0.39 is 0 Å². The maximum Gasteiger partial charge on any atom is 0.224 e. The Hall–Kier alpha value is -3.95. The Kier molecular flexibility index (Phi) is 5.64. The van der Waals surface area contributed by atoms with Crippen molar-refractivity contribution in [3.05, 3.63) is 54.4 Å². The first-order chi connectivity index (χ1) is 16.1. The monoisotopic (exact) mass is 444 g/mol. The van der Waals surface area contributed by atoms with Gasteiger partial charge in [0, 0.05) is 35.5 Å². The lowest BCUT2D eigenvalue weighted by Crippen LogP contribution is -2.06. The zero-order chi connectivity index (χ0) is 22.8. The van der Waals surface area contributed by atoms with Crippen LogP contribution in [0.15, 0.2) is 42.9 Å². The highest BCUT2D eigenvalue weighted by Gasteiger charge is 2.40. The van der Waals surface area contributed by atoms with Gasteiger partial charge in [-0.3, -0.25) is 9.97 Å². The minimum Gasteiger partial charge on any atom is -0.495 e. The van der Waals surface area contributed by atoms with Crippen LogP contribution < -0.4 is 9.47 Å². The second-order valence-corrected chi connectivity index (χ2v) is 7.91. The lowest BCUT2D eigenvalue weighted by atomic mass is 10.1. The molecule has 0 bridgehead atoms. The molecule has 1 aliphatic rings. The molecule has 0 aliphatic heterocycles. The summed E-state index contributed by atoms with van der Waals surface area (Å²) in [6.07, 6.45) is 6.33. The number of ether oxygens (including phenoxy) is 2. The van der Waals surface area contributed by atoms with E-state index >= 15 is 0 Å². The molecule has 4 heterocycles. The third-order valence-electron chi connectivity index (χ3n) is 5.65. The second kappa shape index (κ2) is 8.89. The van der Waals surface area contributed by atoms with Crippen molar-refractivity contribution >= 4 is 0 Å². The van der Waals surface area contributed by atoms with Crippen LogP contribution in [-0.4, -0.2) is 53.9 Å². The summed E-state index contributed by atoms with van der Waals surface area (Å²) in [7, 11) is 1.64. The second-order valence-electron chi connectivity index (χ2n) is 7.91. The number of nitrogens with zero attached hydrogens (tertiary/aromatic N) is 8. The SMILES string of the molecule is CCn1nnc(-c2ccc(-c3cnc(C)nc3OC[C@H]3C[C@@H]3c3ccc(OC)cn3)cn2)n1. The zero-order valence-corrected chi connectivity index (χ0v) is 18.7. The number of methoxy groups -OCH3 is 1. The van der Waals surface area contributed by atoms with Crippen LogP contribution in [0.4, 0.5) is 0 Å². The van der Waals surface area contributed by atoms with E-state index in [0.29, 0.717) is 48.2 Å². The number of aryl methyl sites for hydroxylation is 2. The van der Waals surface area contributed by atoms with Gasteiger partial charge < -0.3 is 9.47 Å². The average Bonchev–Trinajstić information content (AvgIpc) is 3.48. The predicted molar refractivity (Wildman–Crippen MR) is 120 cm³/mol. The number of tetrazole rings is 1. The molecule has 10 heteroatoms. The zero-order valence-electron chi connectivity index (χ0n) is 18.7. The Labute approximate surface area is 191 Å². The Morgan fingerprint density at radius 1 is 1.06 bits per heavy atom. The Balaban J connectivity index is 1.29. The highest BCUT2D eigenvalue weighted by atomic mass is 16.5. The van der Waals surface area contributed by atoms with Gasteiger partial charge in [0.15, 0.2) is 0 Å². The Bertz CT molecular complexity index is 1240. The summed E-state index contributed by atoms with van der Waals surface area (Å²) >= 11 is 0. The van der Waals surface area contributed by atoms with Crippen molar-refractivity contribution in [1.82, 2.24) is 40.1 Å². The summed E-state index contributed by atoms with van der Waals surface area (Å²) in [6.45, 7) is 5.03. The molecule has 1 fully saturated rings. The summed E-state index contributed by atoms with van der Waals surface area (Å²) in [6, 6.07) is 7.77. The first kappa shape index (κ1) is 20.9. The predicted octanol–water partition coefficient (Wildman–Crippen LogP) is 3.11. The van der Waals surface area contributed by atoms with Crippen LogP contribution in [0.5, 0.6) is 11.6 Å². The molecule has 0 spiro atoms. The molecular weight excluding hydrogens is 420 g/mol. The smallest absolute Gasteiger partial charge is 0.224 e. The summed E-state index contributed by atoms with van der Waals surface area (Å²) in [5.74, 6) is 3.27. The maximum absolute atomic E-state index is 6.16. The van der Waals surface area contributed by atoms with Gasteiger partial charge in [-0.15, -0.1) is 10.2 Å². The van der Waals surface area contributed by atoms with Crippen molar-refractivity contribution < 1.29 is 9.47 Å². The first-order valence-corrected chi connectivity index (χ1v) is 10.9. The summed E-state index contributed by atoms with van der Waals surface area (Å²) < 4.78 is 11.3. The van der Waals surface area contributed by atoms with Crippen molar-refractivity contribution in [3.8, 4) is 34.3 Å². The number of pyridine rings is 2. The van der Waals surface area contributed by atoms with Crippen LogP contribution >= 0.6 is 0 Å². The fourth-order valence-corrected chi connectivity index (χ4v) is 3.63. The third kappa shape index (κ3) is 4.50. The lowest BCUT2D eigenvalue weighted by molar-refractivity contribution is 0.285. The van der Waals surface area contributed by atoms with Crippen LogP contribution in [0.1, 0.15) is 30.8 Å². The van der Waals surface area contributed by atoms with E-state index in [1.807, 2.05) is 38.1 Å². The van der Waals surface area contributed by atoms with Crippen molar-refractivity contribution in [2.75, 3.05) is 13.7 Å². The van der Waals surface area contributed by atoms with E-state index in [2.05, 4.69) is 35.3 Å². The third-order valence-corrected chi connectivity index (χ3v) is 5.65. The van der Waals surface area contributed by atoms with Crippen LogP contribution in [0.2, 0.25) is 0 Å². The van der Waals surface area contributed by atoms with Gasteiger partial charge in [0.1, 0.15) is 17.3 Å². The van der Waals surface area contributed by atoms with Gasteiger partial charge in [-0.1, -0.05) is 6.07 Å². The molecule has 10 nitrogen and oxygen atoms in total. The molecule has 0 radical (unpaired) electrons. The van der Waals surface area contributed by atoms with Gasteiger partial charge in [-0.05, 0) is 43.7 Å². The molecule has 168 valence electrons. The highest BCUT2D eigenvalue weighted by molar-refractivity contribution is 5.68. The lowest BCUT2D eigenvalue weighted by Gasteiger charge is -2.11. The van der Waals surface area contributed by atoms with E-state index in [0.717, 1.165) is 29.0 Å². The molecule has 4 aromatic heterocycles. The number of hydrogen-bond acceptors (Lipinski definition) is 9. The molecule has 0 aromatic carbocycles. The minimum absolute atomic E-state index is 0.396. The summed E-state index contributed by atoms with van der Waals surface area (Å²) in [5, 5.41) is 12.3. The van der Waals surface area contributed by atoms with Gasteiger partial charge in [-0.2, -0.15) is 9.78 Å². The molecule has 0 unspecified atom stereocenters. The highest BCUT2D eigenvalue weighted by Crippen LogP contribution is 2.47. The van der Waals surface area contributed by atoms with Crippen LogP contribution in [0.3, 0.4) is 0 Å². The van der Waals surface area contributed by atoms with E-state index in [4.69, 9.17) is 9.47 Å². The van der Waals surface area contributed by atoms with E-state index in [9.17, 15) is 0 Å². The molecule has 33 heavy (non-hydrogen) atoms. The Morgan fingerprint density at radius 3 is 2.67 bits per heavy atom. The maximum atomic E-state index is 6.16. The van der Waals surface area contributed by atoms with Crippen LogP contribution in [-0.2, 0) is 6.54 Å². The van der Waals surface area contributed by atoms with E-state index in [1.54, 1.807) is 25.7 Å². The minimum atomic E-state index is 0.396. The number of hydrogen-bond donors (Lipinski definition) is 0. The molecule has 0 amide bonds. The van der Waals surface area contributed by atoms with Crippen LogP contribution in [0, 0.1) is 12.8 Å². The quantitative estimate of drug-likeness (QED) is 0.404. The topological polar surface area (TPSA) is 114 Å². The first-order valence-electron chi connectivity index (χ1n) is 10.9. The molecule has 0 N–H and O–H groups in total. The van der Waals surface area contributed by atoms with Gasteiger partial charge >= 0.3 is 0 Å². The fraction of sp³-hybridized carbons (Fsp3) is 0.348.